The molecule has 2 heteroatoms. The molecule has 0 unspecified atom stereocenters. The summed E-state index contributed by atoms with van der Waals surface area (Å²) >= 11 is 3.24. The van der Waals surface area contributed by atoms with Crippen LogP contribution in [0.2, 0.25) is 0 Å². The molecule has 0 radical (unpaired) electrons. The van der Waals surface area contributed by atoms with E-state index in [1.165, 1.54) is 0 Å². The largest absolute Gasteiger partial charge is 0.500 e. The van der Waals surface area contributed by atoms with Crippen LogP contribution in [0.25, 0.3) is 0 Å². The van der Waals surface area contributed by atoms with Crippen LogP contribution < -0.4 is 0 Å². The van der Waals surface area contributed by atoms with Gasteiger partial charge in [-0.25, -0.2) is 0 Å². The van der Waals surface area contributed by atoms with E-state index in [0.29, 0.717) is 0 Å². The SMILES string of the molecule is C=C/C(Br)=C(\C)OC. The first-order chi connectivity index (χ1) is 3.72. The van der Waals surface area contributed by atoms with Gasteiger partial charge >= 0.3 is 0 Å². The third kappa shape index (κ3) is 2.17. The fourth-order valence-electron chi connectivity index (χ4n) is 0.241. The molecule has 0 saturated heterocycles. The smallest absolute Gasteiger partial charge is 0.107 e. The highest BCUT2D eigenvalue weighted by Gasteiger charge is 1.89. The second kappa shape index (κ2) is 3.72. The van der Waals surface area contributed by atoms with Crippen molar-refractivity contribution in [3.8, 4) is 0 Å². The minimum atomic E-state index is 0.847. The molecule has 0 aliphatic carbocycles. The van der Waals surface area contributed by atoms with Gasteiger partial charge in [-0.1, -0.05) is 12.7 Å². The molecule has 0 aliphatic rings. The molecule has 1 nitrogen and oxygen atoms in total. The topological polar surface area (TPSA) is 9.23 Å². The molecular formula is C6H9BrO. The van der Waals surface area contributed by atoms with Crippen LogP contribution in [0.5, 0.6) is 0 Å². The lowest BCUT2D eigenvalue weighted by atomic mass is 10.5. The molecule has 0 heterocycles. The maximum Gasteiger partial charge on any atom is 0.107 e. The van der Waals surface area contributed by atoms with Gasteiger partial charge in [0.15, 0.2) is 0 Å². The van der Waals surface area contributed by atoms with E-state index < -0.39 is 0 Å². The van der Waals surface area contributed by atoms with Gasteiger partial charge in [-0.2, -0.15) is 0 Å². The summed E-state index contributed by atoms with van der Waals surface area (Å²) in [7, 11) is 1.63. The lowest BCUT2D eigenvalue weighted by Crippen LogP contribution is -1.79. The first-order valence-corrected chi connectivity index (χ1v) is 3.04. The van der Waals surface area contributed by atoms with Crippen molar-refractivity contribution in [2.45, 2.75) is 6.92 Å². The van der Waals surface area contributed by atoms with Gasteiger partial charge in [0.1, 0.15) is 5.76 Å². The Morgan fingerprint density at radius 3 is 2.38 bits per heavy atom. The number of hydrogen-bond acceptors (Lipinski definition) is 1. The molecule has 0 spiro atoms. The molecule has 0 aromatic rings. The highest BCUT2D eigenvalue weighted by molar-refractivity contribution is 9.11. The lowest BCUT2D eigenvalue weighted by Gasteiger charge is -1.97. The maximum atomic E-state index is 4.86. The summed E-state index contributed by atoms with van der Waals surface area (Å²) in [6.45, 7) is 5.41. The minimum absolute atomic E-state index is 0.847. The number of hydrogen-bond donors (Lipinski definition) is 0. The van der Waals surface area contributed by atoms with E-state index in [9.17, 15) is 0 Å². The van der Waals surface area contributed by atoms with Gasteiger partial charge in [0.25, 0.3) is 0 Å². The molecule has 0 atom stereocenters. The maximum absolute atomic E-state index is 4.86. The van der Waals surface area contributed by atoms with Crippen molar-refractivity contribution >= 4 is 15.9 Å². The standard InChI is InChI=1S/C6H9BrO/c1-4-6(7)5(2)8-3/h4H,1H2,2-3H3/b6-5-. The lowest BCUT2D eigenvalue weighted by molar-refractivity contribution is 0.293. The molecule has 0 aliphatic heterocycles. The van der Waals surface area contributed by atoms with E-state index >= 15 is 0 Å². The zero-order chi connectivity index (χ0) is 6.57. The second-order valence-corrected chi connectivity index (χ2v) is 2.17. The molecule has 0 fully saturated rings. The molecule has 0 rings (SSSR count). The van der Waals surface area contributed by atoms with Gasteiger partial charge < -0.3 is 4.74 Å². The summed E-state index contributed by atoms with van der Waals surface area (Å²) in [6, 6.07) is 0. The van der Waals surface area contributed by atoms with Crippen molar-refractivity contribution in [2.24, 2.45) is 0 Å². The first-order valence-electron chi connectivity index (χ1n) is 2.25. The molecule has 8 heavy (non-hydrogen) atoms. The Labute approximate surface area is 58.2 Å². The molecule has 0 saturated carbocycles. The predicted molar refractivity (Wildman–Crippen MR) is 38.8 cm³/mol. The third-order valence-electron chi connectivity index (χ3n) is 0.822. The van der Waals surface area contributed by atoms with Crippen LogP contribution in [0.15, 0.2) is 22.9 Å². The van der Waals surface area contributed by atoms with Crippen LogP contribution in [-0.2, 0) is 4.74 Å². The Bertz CT molecular complexity index is 116. The molecule has 0 N–H and O–H groups in total. The zero-order valence-corrected chi connectivity index (χ0v) is 6.66. The summed E-state index contributed by atoms with van der Waals surface area (Å²) in [5.41, 5.74) is 0. The summed E-state index contributed by atoms with van der Waals surface area (Å²) < 4.78 is 5.77. The van der Waals surface area contributed by atoms with Crippen LogP contribution in [0.4, 0.5) is 0 Å². The molecule has 0 aromatic heterocycles. The van der Waals surface area contributed by atoms with Crippen LogP contribution in [0.1, 0.15) is 6.92 Å². The number of ether oxygens (including phenoxy) is 1. The third-order valence-corrected chi connectivity index (χ3v) is 1.70. The molecule has 0 amide bonds. The van der Waals surface area contributed by atoms with Crippen LogP contribution in [0.3, 0.4) is 0 Å². The molecule has 0 aromatic carbocycles. The molecular weight excluding hydrogens is 168 g/mol. The van der Waals surface area contributed by atoms with Gasteiger partial charge in [-0.15, -0.1) is 0 Å². The molecule has 46 valence electrons. The van der Waals surface area contributed by atoms with E-state index in [1.807, 2.05) is 6.92 Å². The van der Waals surface area contributed by atoms with Crippen LogP contribution >= 0.6 is 15.9 Å². The van der Waals surface area contributed by atoms with Crippen molar-refractivity contribution < 1.29 is 4.74 Å². The van der Waals surface area contributed by atoms with Crippen molar-refractivity contribution in [1.29, 1.82) is 0 Å². The summed E-state index contributed by atoms with van der Waals surface area (Å²) in [4.78, 5) is 0. The van der Waals surface area contributed by atoms with E-state index in [-0.39, 0.29) is 0 Å². The van der Waals surface area contributed by atoms with E-state index in [2.05, 4.69) is 22.5 Å². The van der Waals surface area contributed by atoms with Gasteiger partial charge in [0, 0.05) is 0 Å². The van der Waals surface area contributed by atoms with Gasteiger partial charge in [-0.05, 0) is 22.9 Å². The Kier molecular flexibility index (Phi) is 3.61. The number of allylic oxidation sites excluding steroid dienone is 3. The van der Waals surface area contributed by atoms with E-state index in [0.717, 1.165) is 10.2 Å². The quantitative estimate of drug-likeness (QED) is 0.465. The Balaban J connectivity index is 4.03. The van der Waals surface area contributed by atoms with Crippen LogP contribution in [-0.4, -0.2) is 7.11 Å². The average Bonchev–Trinajstić information content (AvgIpc) is 1.84. The summed E-state index contributed by atoms with van der Waals surface area (Å²) in [5.74, 6) is 0.847. The van der Waals surface area contributed by atoms with Crippen LogP contribution in [0, 0.1) is 0 Å². The second-order valence-electron chi connectivity index (χ2n) is 1.31. The Morgan fingerprint density at radius 2 is 2.25 bits per heavy atom. The predicted octanol–water partition coefficient (Wildman–Crippen LogP) is 2.45. The Morgan fingerprint density at radius 1 is 1.75 bits per heavy atom. The fraction of sp³-hybridized carbons (Fsp3) is 0.333. The minimum Gasteiger partial charge on any atom is -0.500 e. The van der Waals surface area contributed by atoms with E-state index in [4.69, 9.17) is 4.74 Å². The normalized spacial score (nSPS) is 12.4. The zero-order valence-electron chi connectivity index (χ0n) is 5.07. The monoisotopic (exact) mass is 176 g/mol. The summed E-state index contributed by atoms with van der Waals surface area (Å²) in [5, 5.41) is 0. The molecule has 0 bridgehead atoms. The van der Waals surface area contributed by atoms with Crippen molar-refractivity contribution in [3.05, 3.63) is 22.9 Å². The Hall–Kier alpha value is -0.240. The number of halogens is 1. The highest BCUT2D eigenvalue weighted by atomic mass is 79.9. The average molecular weight is 177 g/mol. The van der Waals surface area contributed by atoms with Gasteiger partial charge in [0.05, 0.1) is 11.6 Å². The van der Waals surface area contributed by atoms with E-state index in [1.54, 1.807) is 13.2 Å². The number of methoxy groups -OCH3 is 1. The summed E-state index contributed by atoms with van der Waals surface area (Å²) in [6.07, 6.45) is 1.69. The van der Waals surface area contributed by atoms with Crippen molar-refractivity contribution in [1.82, 2.24) is 0 Å². The first kappa shape index (κ1) is 7.76. The fourth-order valence-corrected chi connectivity index (χ4v) is 0.403. The van der Waals surface area contributed by atoms with Crippen molar-refractivity contribution in [3.63, 3.8) is 0 Å². The van der Waals surface area contributed by atoms with Gasteiger partial charge in [0.2, 0.25) is 0 Å². The van der Waals surface area contributed by atoms with Gasteiger partial charge in [-0.3, -0.25) is 0 Å². The highest BCUT2D eigenvalue weighted by Crippen LogP contribution is 2.11. The van der Waals surface area contributed by atoms with Crippen molar-refractivity contribution in [2.75, 3.05) is 7.11 Å². The number of rotatable bonds is 2.